The molecule has 0 radical (unpaired) electrons. The van der Waals surface area contributed by atoms with Gasteiger partial charge in [-0.05, 0) is 58.4 Å². The van der Waals surface area contributed by atoms with Gasteiger partial charge in [0, 0.05) is 13.3 Å². The molecule has 5 rings (SSSR count). The molecule has 2 bridgehead atoms. The monoisotopic (exact) mass is 652 g/mol. The van der Waals surface area contributed by atoms with Crippen LogP contribution in [0.1, 0.15) is 82.0 Å². The number of ether oxygens (including phenoxy) is 5. The van der Waals surface area contributed by atoms with Crippen LogP contribution in [-0.4, -0.2) is 81.4 Å². The predicted octanol–water partition coefficient (Wildman–Crippen LogP) is 4.03. The van der Waals surface area contributed by atoms with Crippen molar-refractivity contribution in [2.75, 3.05) is 0 Å². The molecule has 1 heterocycles. The van der Waals surface area contributed by atoms with E-state index in [4.69, 9.17) is 23.7 Å². The van der Waals surface area contributed by atoms with Crippen molar-refractivity contribution in [3.8, 4) is 0 Å². The van der Waals surface area contributed by atoms with Crippen LogP contribution in [0, 0.1) is 17.3 Å². The molecule has 11 heteroatoms. The lowest BCUT2D eigenvalue weighted by Crippen LogP contribution is -2.83. The second kappa shape index (κ2) is 12.3. The van der Waals surface area contributed by atoms with Crippen LogP contribution in [0.25, 0.3) is 0 Å². The summed E-state index contributed by atoms with van der Waals surface area (Å²) in [5.74, 6) is -4.43. The standard InChI is InChI=1S/C36H44O11/c1-8-20(2)30(39)44-24-19-34(6,42)36-27(38)25(33(4,5)47-36)26(45-31(40)22-15-11-9-12-16-22)29(35(36,7)28(24)43-21(3)37)46-32(41)23-17-13-10-14-18-23/h9-18,20,24-29,38,42H,8,19H2,1-7H3/t20?,24?,25-,26?,27?,28?,29?,34-,35+,36+/m1/s1. The number of aliphatic hydroxyl groups excluding tert-OH is 1. The summed E-state index contributed by atoms with van der Waals surface area (Å²) < 4.78 is 31.1. The summed E-state index contributed by atoms with van der Waals surface area (Å²) in [5.41, 5.74) is -6.66. The number of carbonyl (C=O) groups is 4. The molecule has 1 aliphatic heterocycles. The van der Waals surface area contributed by atoms with Gasteiger partial charge in [0.25, 0.3) is 0 Å². The minimum absolute atomic E-state index is 0.184. The van der Waals surface area contributed by atoms with E-state index in [-0.39, 0.29) is 17.5 Å². The number of carbonyl (C=O) groups excluding carboxylic acids is 4. The van der Waals surface area contributed by atoms with Crippen molar-refractivity contribution in [1.82, 2.24) is 0 Å². The molecule has 3 fully saturated rings. The number of fused-ring (bicyclic) bond motifs is 1. The van der Waals surface area contributed by atoms with E-state index in [0.717, 1.165) is 0 Å². The Kier molecular flexibility index (Phi) is 9.06. The molecule has 2 saturated carbocycles. The molecule has 1 saturated heterocycles. The number of hydrogen-bond acceptors (Lipinski definition) is 11. The molecule has 11 nitrogen and oxygen atoms in total. The topological polar surface area (TPSA) is 155 Å². The highest BCUT2D eigenvalue weighted by Gasteiger charge is 2.86. The van der Waals surface area contributed by atoms with Crippen LogP contribution < -0.4 is 0 Å². The van der Waals surface area contributed by atoms with E-state index < -0.39 is 88.5 Å². The normalized spacial score (nSPS) is 35.9. The van der Waals surface area contributed by atoms with Crippen molar-refractivity contribution in [1.29, 1.82) is 0 Å². The van der Waals surface area contributed by atoms with Crippen LogP contribution in [0.3, 0.4) is 0 Å². The van der Waals surface area contributed by atoms with Crippen molar-refractivity contribution >= 4 is 23.9 Å². The Bertz CT molecular complexity index is 1510. The fraction of sp³-hybridized carbons (Fsp3) is 0.556. The Balaban J connectivity index is 1.75. The maximum atomic E-state index is 13.9. The molecular weight excluding hydrogens is 608 g/mol. The molecule has 0 aromatic heterocycles. The van der Waals surface area contributed by atoms with Gasteiger partial charge >= 0.3 is 23.9 Å². The van der Waals surface area contributed by atoms with Crippen LogP contribution >= 0.6 is 0 Å². The van der Waals surface area contributed by atoms with Gasteiger partial charge < -0.3 is 33.9 Å². The van der Waals surface area contributed by atoms with Gasteiger partial charge in [0.15, 0.2) is 12.2 Å². The fourth-order valence-corrected chi connectivity index (χ4v) is 8.10. The number of hydrogen-bond donors (Lipinski definition) is 2. The minimum Gasteiger partial charge on any atom is -0.458 e. The largest absolute Gasteiger partial charge is 0.458 e. The summed E-state index contributed by atoms with van der Waals surface area (Å²) in [6.07, 6.45) is -6.89. The molecule has 2 aromatic rings. The second-order valence-corrected chi connectivity index (χ2v) is 13.9. The van der Waals surface area contributed by atoms with E-state index in [2.05, 4.69) is 0 Å². The smallest absolute Gasteiger partial charge is 0.338 e. The van der Waals surface area contributed by atoms with Gasteiger partial charge in [0.05, 0.1) is 45.7 Å². The molecule has 1 spiro atoms. The Hall–Kier alpha value is -3.80. The maximum absolute atomic E-state index is 13.9. The second-order valence-electron chi connectivity index (χ2n) is 13.9. The first-order valence-electron chi connectivity index (χ1n) is 16.0. The zero-order valence-electron chi connectivity index (χ0n) is 27.8. The van der Waals surface area contributed by atoms with Crippen LogP contribution in [0.5, 0.6) is 0 Å². The van der Waals surface area contributed by atoms with Gasteiger partial charge in [-0.2, -0.15) is 0 Å². The molecular formula is C36H44O11. The van der Waals surface area contributed by atoms with E-state index in [1.807, 2.05) is 6.92 Å². The van der Waals surface area contributed by atoms with E-state index in [9.17, 15) is 29.4 Å². The van der Waals surface area contributed by atoms with Gasteiger partial charge in [-0.3, -0.25) is 9.59 Å². The summed E-state index contributed by atoms with van der Waals surface area (Å²) in [4.78, 5) is 53.5. The quantitative estimate of drug-likeness (QED) is 0.314. The van der Waals surface area contributed by atoms with Crippen molar-refractivity contribution in [2.24, 2.45) is 17.3 Å². The zero-order valence-corrected chi connectivity index (χ0v) is 27.8. The summed E-state index contributed by atoms with van der Waals surface area (Å²) in [7, 11) is 0. The molecule has 254 valence electrons. The first kappa shape index (κ1) is 34.5. The van der Waals surface area contributed by atoms with Crippen molar-refractivity contribution < 1.29 is 53.1 Å². The third-order valence-corrected chi connectivity index (χ3v) is 10.4. The van der Waals surface area contributed by atoms with Crippen LogP contribution in [-0.2, 0) is 33.3 Å². The van der Waals surface area contributed by atoms with Crippen LogP contribution in [0.4, 0.5) is 0 Å². The fourth-order valence-electron chi connectivity index (χ4n) is 8.10. The highest BCUT2D eigenvalue weighted by Crippen LogP contribution is 2.68. The van der Waals surface area contributed by atoms with Gasteiger partial charge in [0.2, 0.25) is 0 Å². The molecule has 2 aromatic carbocycles. The van der Waals surface area contributed by atoms with Crippen molar-refractivity contribution in [3.05, 3.63) is 71.8 Å². The highest BCUT2D eigenvalue weighted by molar-refractivity contribution is 5.90. The number of esters is 4. The Morgan fingerprint density at radius 3 is 1.89 bits per heavy atom. The summed E-state index contributed by atoms with van der Waals surface area (Å²) >= 11 is 0. The summed E-state index contributed by atoms with van der Waals surface area (Å²) in [6, 6.07) is 16.3. The molecule has 47 heavy (non-hydrogen) atoms. The Labute approximate surface area is 274 Å². The summed E-state index contributed by atoms with van der Waals surface area (Å²) in [6.45, 7) is 11.1. The molecule has 0 amide bonds. The lowest BCUT2D eigenvalue weighted by atomic mass is 9.46. The van der Waals surface area contributed by atoms with E-state index in [1.165, 1.54) is 13.8 Å². The Morgan fingerprint density at radius 2 is 1.38 bits per heavy atom. The van der Waals surface area contributed by atoms with Crippen molar-refractivity contribution in [2.45, 2.75) is 109 Å². The molecule has 6 unspecified atom stereocenters. The predicted molar refractivity (Wildman–Crippen MR) is 167 cm³/mol. The average molecular weight is 653 g/mol. The van der Waals surface area contributed by atoms with Gasteiger partial charge in [-0.25, -0.2) is 9.59 Å². The summed E-state index contributed by atoms with van der Waals surface area (Å²) in [5, 5.41) is 24.7. The average Bonchev–Trinajstić information content (AvgIpc) is 3.22. The zero-order chi connectivity index (χ0) is 34.5. The van der Waals surface area contributed by atoms with Crippen LogP contribution in [0.15, 0.2) is 60.7 Å². The van der Waals surface area contributed by atoms with Gasteiger partial charge in [-0.15, -0.1) is 0 Å². The third-order valence-electron chi connectivity index (χ3n) is 10.4. The molecule has 2 N–H and O–H groups in total. The van der Waals surface area contributed by atoms with E-state index in [1.54, 1.807) is 88.4 Å². The van der Waals surface area contributed by atoms with E-state index in [0.29, 0.717) is 6.42 Å². The van der Waals surface area contributed by atoms with Gasteiger partial charge in [-0.1, -0.05) is 50.2 Å². The van der Waals surface area contributed by atoms with Gasteiger partial charge in [0.1, 0.15) is 17.8 Å². The first-order chi connectivity index (χ1) is 22.0. The highest BCUT2D eigenvalue weighted by atomic mass is 16.6. The lowest BCUT2D eigenvalue weighted by Gasteiger charge is -2.65. The SMILES string of the molecule is CCC(C)C(=O)OC1C[C@@](C)(O)[C@]23OC(C)(C)[C@H](C(OC(=O)c4ccccc4)C(OC(=O)c4ccccc4)[C@]2(C)C1OC(C)=O)C3O. The number of rotatable bonds is 8. The molecule has 2 aliphatic carbocycles. The van der Waals surface area contributed by atoms with Crippen LogP contribution in [0.2, 0.25) is 0 Å². The third kappa shape index (κ3) is 5.52. The first-order valence-corrected chi connectivity index (χ1v) is 16.0. The Morgan fingerprint density at radius 1 is 0.851 bits per heavy atom. The maximum Gasteiger partial charge on any atom is 0.338 e. The molecule has 3 aliphatic rings. The molecule has 10 atom stereocenters. The lowest BCUT2D eigenvalue weighted by molar-refractivity contribution is -0.351. The minimum atomic E-state index is -1.97. The number of benzene rings is 2. The van der Waals surface area contributed by atoms with Crippen molar-refractivity contribution in [3.63, 3.8) is 0 Å². The number of aliphatic hydroxyl groups is 2. The van der Waals surface area contributed by atoms with E-state index >= 15 is 0 Å².